The molecule has 1 N–H and O–H groups in total. The molecule has 0 bridgehead atoms. The Morgan fingerprint density at radius 1 is 1.50 bits per heavy atom. The molecular formula is C11H13NO4. The molecule has 1 heterocycles. The number of aliphatic carboxylic acids is 1. The van der Waals surface area contributed by atoms with Crippen molar-refractivity contribution < 1.29 is 19.5 Å². The maximum atomic E-state index is 11.2. The lowest BCUT2D eigenvalue weighted by Gasteiger charge is -2.07. The number of carbonyl (C=O) groups is 1. The Kier molecular flexibility index (Phi) is 2.57. The van der Waals surface area contributed by atoms with Crippen LogP contribution in [0.3, 0.4) is 0 Å². The fourth-order valence-electron chi connectivity index (χ4n) is 1.71. The van der Waals surface area contributed by atoms with Crippen LogP contribution in [0.25, 0.3) is 0 Å². The topological polar surface area (TPSA) is 62.1 Å². The Hall–Kier alpha value is -1.59. The third-order valence-electron chi connectivity index (χ3n) is 2.62. The maximum Gasteiger partial charge on any atom is 0.360 e. The van der Waals surface area contributed by atoms with Crippen LogP contribution in [0, 0.1) is 0 Å². The van der Waals surface area contributed by atoms with E-state index in [4.69, 9.17) is 9.57 Å². The van der Waals surface area contributed by atoms with Gasteiger partial charge >= 0.3 is 5.97 Å². The van der Waals surface area contributed by atoms with Crippen molar-refractivity contribution in [2.24, 2.45) is 0 Å². The third kappa shape index (κ3) is 1.45. The van der Waals surface area contributed by atoms with Gasteiger partial charge in [0.2, 0.25) is 0 Å². The summed E-state index contributed by atoms with van der Waals surface area (Å²) >= 11 is 0. The first-order chi connectivity index (χ1) is 7.65. The molecule has 0 aliphatic carbocycles. The van der Waals surface area contributed by atoms with Crippen LogP contribution in [0.1, 0.15) is 12.5 Å². The summed E-state index contributed by atoms with van der Waals surface area (Å²) in [5, 5.41) is 10.6. The second-order valence-corrected chi connectivity index (χ2v) is 3.46. The normalized spacial score (nSPS) is 27.5. The van der Waals surface area contributed by atoms with Crippen LogP contribution in [0.15, 0.2) is 24.3 Å². The smallest absolute Gasteiger partial charge is 0.360 e. The second-order valence-electron chi connectivity index (χ2n) is 3.46. The number of benzene rings is 1. The number of rotatable bonds is 4. The van der Waals surface area contributed by atoms with Crippen molar-refractivity contribution in [3.63, 3.8) is 0 Å². The fourth-order valence-corrected chi connectivity index (χ4v) is 1.71. The average molecular weight is 223 g/mol. The van der Waals surface area contributed by atoms with Crippen LogP contribution < -0.4 is 4.74 Å². The van der Waals surface area contributed by atoms with E-state index in [1.165, 1.54) is 5.06 Å². The molecule has 1 aromatic rings. The first kappa shape index (κ1) is 10.9. The van der Waals surface area contributed by atoms with E-state index in [1.807, 2.05) is 6.92 Å². The van der Waals surface area contributed by atoms with E-state index in [0.29, 0.717) is 17.9 Å². The molecule has 0 saturated carbocycles. The van der Waals surface area contributed by atoms with Gasteiger partial charge in [0, 0.05) is 12.1 Å². The van der Waals surface area contributed by atoms with Gasteiger partial charge in [-0.1, -0.05) is 12.1 Å². The van der Waals surface area contributed by atoms with Crippen LogP contribution >= 0.6 is 0 Å². The Balaban J connectivity index is 2.31. The van der Waals surface area contributed by atoms with E-state index >= 15 is 0 Å². The maximum absolute atomic E-state index is 11.2. The van der Waals surface area contributed by atoms with Gasteiger partial charge in [0.15, 0.2) is 0 Å². The number of ether oxygens (including phenoxy) is 1. The molecule has 1 aromatic carbocycles. The molecule has 2 rings (SSSR count). The molecule has 0 amide bonds. The Morgan fingerprint density at radius 3 is 2.50 bits per heavy atom. The molecule has 5 nitrogen and oxygen atoms in total. The Bertz CT molecular complexity index is 403. The first-order valence-electron chi connectivity index (χ1n) is 5.00. The predicted molar refractivity (Wildman–Crippen MR) is 55.8 cm³/mol. The van der Waals surface area contributed by atoms with Gasteiger partial charge in [0.1, 0.15) is 5.75 Å². The van der Waals surface area contributed by atoms with Crippen molar-refractivity contribution in [3.8, 4) is 5.75 Å². The van der Waals surface area contributed by atoms with Gasteiger partial charge in [-0.25, -0.2) is 4.79 Å². The van der Waals surface area contributed by atoms with Gasteiger partial charge in [0.05, 0.1) is 7.11 Å². The van der Waals surface area contributed by atoms with Crippen molar-refractivity contribution in [3.05, 3.63) is 29.8 Å². The van der Waals surface area contributed by atoms with E-state index in [0.717, 1.165) is 0 Å². The van der Waals surface area contributed by atoms with Crippen LogP contribution in [-0.2, 0) is 15.4 Å². The summed E-state index contributed by atoms with van der Waals surface area (Å²) in [6.45, 7) is 2.37. The minimum absolute atomic E-state index is 0.526. The van der Waals surface area contributed by atoms with E-state index < -0.39 is 11.7 Å². The summed E-state index contributed by atoms with van der Waals surface area (Å²) in [4.78, 5) is 16.4. The van der Waals surface area contributed by atoms with Gasteiger partial charge in [-0.15, -0.1) is 5.06 Å². The number of carboxylic acids is 1. The molecular weight excluding hydrogens is 210 g/mol. The summed E-state index contributed by atoms with van der Waals surface area (Å²) in [7, 11) is 1.56. The highest BCUT2D eigenvalue weighted by atomic mass is 16.9. The van der Waals surface area contributed by atoms with Crippen LogP contribution in [0.5, 0.6) is 5.75 Å². The number of nitrogens with zero attached hydrogens (tertiary/aromatic N) is 1. The predicted octanol–water partition coefficient (Wildman–Crippen LogP) is 1.20. The quantitative estimate of drug-likeness (QED) is 0.777. The summed E-state index contributed by atoms with van der Waals surface area (Å²) in [6, 6.07) is 6.83. The summed E-state index contributed by atoms with van der Waals surface area (Å²) in [5.74, 6) is -0.312. The highest BCUT2D eigenvalue weighted by molar-refractivity contribution is 5.80. The van der Waals surface area contributed by atoms with Gasteiger partial charge in [-0.3, -0.25) is 4.84 Å². The largest absolute Gasteiger partial charge is 0.497 e. The molecule has 16 heavy (non-hydrogen) atoms. The zero-order chi connectivity index (χ0) is 11.8. The molecule has 1 aliphatic heterocycles. The van der Waals surface area contributed by atoms with Crippen molar-refractivity contribution >= 4 is 5.97 Å². The number of hydrogen-bond acceptors (Lipinski definition) is 4. The molecule has 0 aromatic heterocycles. The summed E-state index contributed by atoms with van der Waals surface area (Å²) < 4.78 is 5.01. The number of hydrogen-bond donors (Lipinski definition) is 1. The fraction of sp³-hybridized carbons (Fsp3) is 0.364. The van der Waals surface area contributed by atoms with Crippen LogP contribution in [0.2, 0.25) is 0 Å². The Labute approximate surface area is 93.1 Å². The van der Waals surface area contributed by atoms with Crippen molar-refractivity contribution in [1.29, 1.82) is 0 Å². The zero-order valence-corrected chi connectivity index (χ0v) is 9.14. The first-order valence-corrected chi connectivity index (χ1v) is 5.00. The van der Waals surface area contributed by atoms with Gasteiger partial charge < -0.3 is 9.84 Å². The SMILES string of the molecule is CCN1OC1(C(=O)O)c1ccc(OC)cc1. The number of carboxylic acid groups (broad SMARTS) is 1. The van der Waals surface area contributed by atoms with E-state index in [-0.39, 0.29) is 0 Å². The van der Waals surface area contributed by atoms with Gasteiger partial charge in [0.25, 0.3) is 5.72 Å². The van der Waals surface area contributed by atoms with Crippen molar-refractivity contribution in [2.45, 2.75) is 12.6 Å². The minimum atomic E-state index is -1.30. The lowest BCUT2D eigenvalue weighted by Crippen LogP contribution is -2.26. The zero-order valence-electron chi connectivity index (χ0n) is 9.14. The molecule has 5 heteroatoms. The molecule has 1 saturated heterocycles. The number of hydroxylamine groups is 2. The molecule has 2 atom stereocenters. The van der Waals surface area contributed by atoms with Crippen molar-refractivity contribution in [1.82, 2.24) is 5.06 Å². The van der Waals surface area contributed by atoms with Crippen LogP contribution in [0.4, 0.5) is 0 Å². The van der Waals surface area contributed by atoms with E-state index in [2.05, 4.69) is 0 Å². The summed E-state index contributed by atoms with van der Waals surface area (Å²) in [6.07, 6.45) is 0. The molecule has 0 spiro atoms. The molecule has 1 fully saturated rings. The summed E-state index contributed by atoms with van der Waals surface area (Å²) in [5.41, 5.74) is -0.705. The second kappa shape index (κ2) is 3.77. The van der Waals surface area contributed by atoms with Crippen molar-refractivity contribution in [2.75, 3.05) is 13.7 Å². The highest BCUT2D eigenvalue weighted by Gasteiger charge is 2.62. The van der Waals surface area contributed by atoms with Gasteiger partial charge in [-0.2, -0.15) is 0 Å². The lowest BCUT2D eigenvalue weighted by molar-refractivity contribution is -0.144. The lowest BCUT2D eigenvalue weighted by atomic mass is 10.1. The molecule has 86 valence electrons. The number of likely N-dealkylation sites (N-methyl/N-ethyl adjacent to an activating group) is 1. The minimum Gasteiger partial charge on any atom is -0.497 e. The van der Waals surface area contributed by atoms with E-state index in [1.54, 1.807) is 31.4 Å². The molecule has 2 unspecified atom stereocenters. The number of methoxy groups -OCH3 is 1. The van der Waals surface area contributed by atoms with Gasteiger partial charge in [-0.05, 0) is 19.1 Å². The van der Waals surface area contributed by atoms with E-state index in [9.17, 15) is 9.90 Å². The highest BCUT2D eigenvalue weighted by Crippen LogP contribution is 2.44. The standard InChI is InChI=1S/C11H13NO4/c1-3-12-11(16-12,10(13)14)8-4-6-9(15-2)7-5-8/h4-7H,3H2,1-2H3,(H,13,14). The molecule has 0 radical (unpaired) electrons. The average Bonchev–Trinajstić information content (AvgIpc) is 3.05. The Morgan fingerprint density at radius 2 is 2.12 bits per heavy atom. The molecule has 1 aliphatic rings. The van der Waals surface area contributed by atoms with Crippen LogP contribution in [-0.4, -0.2) is 29.8 Å². The monoisotopic (exact) mass is 223 g/mol. The third-order valence-corrected chi connectivity index (χ3v) is 2.62.